The Labute approximate surface area is 180 Å². The maximum absolute atomic E-state index is 13.1. The SMILES string of the molecule is CC(C)c1ccc(N2C(=O)/C(=C/c3ccc(N4CCOCC4)o3)C(=O)NC2=S)cc1. The Kier molecular flexibility index (Phi) is 5.69. The number of amides is 2. The minimum atomic E-state index is -0.538. The molecule has 0 spiro atoms. The molecule has 2 aromatic rings. The largest absolute Gasteiger partial charge is 0.441 e. The molecule has 7 nitrogen and oxygen atoms in total. The first kappa shape index (κ1) is 20.3. The maximum Gasteiger partial charge on any atom is 0.270 e. The van der Waals surface area contributed by atoms with Crippen molar-refractivity contribution in [2.24, 2.45) is 0 Å². The van der Waals surface area contributed by atoms with Crippen molar-refractivity contribution in [3.63, 3.8) is 0 Å². The van der Waals surface area contributed by atoms with Crippen molar-refractivity contribution >= 4 is 46.8 Å². The van der Waals surface area contributed by atoms with Gasteiger partial charge in [0.2, 0.25) is 0 Å². The first-order valence-electron chi connectivity index (χ1n) is 9.88. The van der Waals surface area contributed by atoms with E-state index in [1.807, 2.05) is 30.3 Å². The molecule has 8 heteroatoms. The second kappa shape index (κ2) is 8.41. The van der Waals surface area contributed by atoms with Crippen molar-refractivity contribution in [1.82, 2.24) is 5.32 Å². The molecule has 2 saturated heterocycles. The summed E-state index contributed by atoms with van der Waals surface area (Å²) in [6.07, 6.45) is 1.46. The normalized spacial score (nSPS) is 19.0. The lowest BCUT2D eigenvalue weighted by Crippen LogP contribution is -2.54. The van der Waals surface area contributed by atoms with E-state index in [0.29, 0.717) is 36.5 Å². The topological polar surface area (TPSA) is 75.0 Å². The summed E-state index contributed by atoms with van der Waals surface area (Å²) in [6.45, 7) is 6.94. The Hall–Kier alpha value is -2.97. The zero-order valence-corrected chi connectivity index (χ0v) is 17.7. The molecule has 2 amide bonds. The maximum atomic E-state index is 13.1. The number of nitrogens with one attached hydrogen (secondary N) is 1. The van der Waals surface area contributed by atoms with Gasteiger partial charge in [0.05, 0.1) is 18.9 Å². The molecule has 0 bridgehead atoms. The Balaban J connectivity index is 1.60. The second-order valence-corrected chi connectivity index (χ2v) is 7.87. The van der Waals surface area contributed by atoms with Gasteiger partial charge in [0, 0.05) is 19.2 Å². The third-order valence-corrected chi connectivity index (χ3v) is 5.43. The fourth-order valence-corrected chi connectivity index (χ4v) is 3.70. The number of rotatable bonds is 4. The summed E-state index contributed by atoms with van der Waals surface area (Å²) in [7, 11) is 0. The van der Waals surface area contributed by atoms with Crippen LogP contribution in [0.2, 0.25) is 0 Å². The number of anilines is 2. The molecule has 4 rings (SSSR count). The molecule has 0 radical (unpaired) electrons. The number of nitrogens with zero attached hydrogens (tertiary/aromatic N) is 2. The van der Waals surface area contributed by atoms with Gasteiger partial charge in [-0.3, -0.25) is 19.8 Å². The van der Waals surface area contributed by atoms with E-state index in [0.717, 1.165) is 18.7 Å². The smallest absolute Gasteiger partial charge is 0.270 e. The monoisotopic (exact) mass is 425 g/mol. The third-order valence-electron chi connectivity index (χ3n) is 5.14. The molecule has 0 atom stereocenters. The summed E-state index contributed by atoms with van der Waals surface area (Å²) in [5.74, 6) is 0.468. The molecule has 2 fully saturated rings. The van der Waals surface area contributed by atoms with Crippen LogP contribution in [0.15, 0.2) is 46.4 Å². The van der Waals surface area contributed by atoms with Crippen LogP contribution >= 0.6 is 12.2 Å². The number of benzene rings is 1. The van der Waals surface area contributed by atoms with E-state index in [1.165, 1.54) is 11.0 Å². The predicted molar refractivity (Wildman–Crippen MR) is 118 cm³/mol. The minimum absolute atomic E-state index is 0.0283. The molecule has 1 N–H and O–H groups in total. The van der Waals surface area contributed by atoms with E-state index in [-0.39, 0.29) is 10.7 Å². The van der Waals surface area contributed by atoms with Gasteiger partial charge in [-0.05, 0) is 48.0 Å². The quantitative estimate of drug-likeness (QED) is 0.461. The fraction of sp³-hybridized carbons (Fsp3) is 0.318. The molecule has 0 saturated carbocycles. The number of hydrogen-bond donors (Lipinski definition) is 1. The number of thiocarbonyl (C=S) groups is 1. The summed E-state index contributed by atoms with van der Waals surface area (Å²) in [4.78, 5) is 29.0. The third kappa shape index (κ3) is 4.01. The zero-order chi connectivity index (χ0) is 21.3. The molecule has 1 aromatic carbocycles. The highest BCUT2D eigenvalue weighted by atomic mass is 32.1. The number of ether oxygens (including phenoxy) is 1. The van der Waals surface area contributed by atoms with Crippen molar-refractivity contribution < 1.29 is 18.7 Å². The van der Waals surface area contributed by atoms with E-state index in [4.69, 9.17) is 21.4 Å². The van der Waals surface area contributed by atoms with Crippen LogP contribution in [-0.2, 0) is 14.3 Å². The second-order valence-electron chi connectivity index (χ2n) is 7.48. The first-order chi connectivity index (χ1) is 14.4. The first-order valence-corrected chi connectivity index (χ1v) is 10.3. The van der Waals surface area contributed by atoms with Gasteiger partial charge in [0.15, 0.2) is 11.0 Å². The van der Waals surface area contributed by atoms with Crippen molar-refractivity contribution in [2.75, 3.05) is 36.1 Å². The van der Waals surface area contributed by atoms with Gasteiger partial charge in [0.25, 0.3) is 11.8 Å². The number of carbonyl (C=O) groups is 2. The summed E-state index contributed by atoms with van der Waals surface area (Å²) in [5.41, 5.74) is 1.73. The van der Waals surface area contributed by atoms with Crippen LogP contribution in [0.4, 0.5) is 11.6 Å². The van der Waals surface area contributed by atoms with Crippen LogP contribution in [0, 0.1) is 0 Å². The molecular formula is C22H23N3O4S. The fourth-order valence-electron chi connectivity index (χ4n) is 3.42. The van der Waals surface area contributed by atoms with Gasteiger partial charge in [-0.2, -0.15) is 0 Å². The van der Waals surface area contributed by atoms with Gasteiger partial charge in [-0.15, -0.1) is 0 Å². The molecule has 3 heterocycles. The summed E-state index contributed by atoms with van der Waals surface area (Å²) in [5, 5.41) is 2.66. The number of carbonyl (C=O) groups excluding carboxylic acids is 2. The van der Waals surface area contributed by atoms with Crippen LogP contribution in [0.5, 0.6) is 0 Å². The summed E-state index contributed by atoms with van der Waals surface area (Å²) >= 11 is 5.26. The van der Waals surface area contributed by atoms with Crippen molar-refractivity contribution in [2.45, 2.75) is 19.8 Å². The Morgan fingerprint density at radius 2 is 1.77 bits per heavy atom. The van der Waals surface area contributed by atoms with E-state index in [2.05, 4.69) is 24.1 Å². The van der Waals surface area contributed by atoms with Crippen LogP contribution in [0.3, 0.4) is 0 Å². The van der Waals surface area contributed by atoms with E-state index in [9.17, 15) is 9.59 Å². The highest BCUT2D eigenvalue weighted by Gasteiger charge is 2.34. The molecule has 156 valence electrons. The van der Waals surface area contributed by atoms with Crippen LogP contribution in [0.1, 0.15) is 31.1 Å². The van der Waals surface area contributed by atoms with Crippen molar-refractivity contribution in [3.05, 3.63) is 53.3 Å². The zero-order valence-electron chi connectivity index (χ0n) is 16.9. The molecule has 1 aromatic heterocycles. The molecular weight excluding hydrogens is 402 g/mol. The number of furan rings is 1. The van der Waals surface area contributed by atoms with Crippen molar-refractivity contribution in [3.8, 4) is 0 Å². The average Bonchev–Trinajstić information content (AvgIpc) is 3.21. The lowest BCUT2D eigenvalue weighted by Gasteiger charge is -2.29. The summed E-state index contributed by atoms with van der Waals surface area (Å²) in [6, 6.07) is 11.1. The highest BCUT2D eigenvalue weighted by molar-refractivity contribution is 7.80. The average molecular weight is 426 g/mol. The lowest BCUT2D eigenvalue weighted by atomic mass is 10.0. The van der Waals surface area contributed by atoms with E-state index in [1.54, 1.807) is 6.07 Å². The molecule has 0 aliphatic carbocycles. The van der Waals surface area contributed by atoms with Crippen LogP contribution < -0.4 is 15.1 Å². The van der Waals surface area contributed by atoms with E-state index >= 15 is 0 Å². The van der Waals surface area contributed by atoms with Crippen molar-refractivity contribution in [1.29, 1.82) is 0 Å². The van der Waals surface area contributed by atoms with Crippen LogP contribution in [-0.4, -0.2) is 43.2 Å². The van der Waals surface area contributed by atoms with Gasteiger partial charge >= 0.3 is 0 Å². The summed E-state index contributed by atoms with van der Waals surface area (Å²) < 4.78 is 11.2. The highest BCUT2D eigenvalue weighted by Crippen LogP contribution is 2.26. The molecule has 0 unspecified atom stereocenters. The molecule has 30 heavy (non-hydrogen) atoms. The Bertz CT molecular complexity index is 1000. The molecule has 2 aliphatic heterocycles. The van der Waals surface area contributed by atoms with Gasteiger partial charge in [-0.25, -0.2) is 0 Å². The predicted octanol–water partition coefficient (Wildman–Crippen LogP) is 3.07. The Morgan fingerprint density at radius 1 is 1.07 bits per heavy atom. The van der Waals surface area contributed by atoms with Crippen LogP contribution in [0.25, 0.3) is 6.08 Å². The minimum Gasteiger partial charge on any atom is -0.441 e. The number of hydrogen-bond acceptors (Lipinski definition) is 6. The van der Waals surface area contributed by atoms with Gasteiger partial charge in [0.1, 0.15) is 11.3 Å². The lowest BCUT2D eigenvalue weighted by molar-refractivity contribution is -0.122. The van der Waals surface area contributed by atoms with Gasteiger partial charge in [-0.1, -0.05) is 26.0 Å². The Morgan fingerprint density at radius 3 is 2.43 bits per heavy atom. The standard InChI is InChI=1S/C22H23N3O4S/c1-14(2)15-3-5-16(6-4-15)25-21(27)18(20(26)23-22(25)30)13-17-7-8-19(29-17)24-9-11-28-12-10-24/h3-8,13-14H,9-12H2,1-2H3,(H,23,26,30)/b18-13+. The van der Waals surface area contributed by atoms with E-state index < -0.39 is 11.8 Å². The number of morpholine rings is 1. The van der Waals surface area contributed by atoms with Gasteiger partial charge < -0.3 is 14.1 Å². The molecule has 2 aliphatic rings.